The zero-order valence-electron chi connectivity index (χ0n) is 12.0. The van der Waals surface area contributed by atoms with E-state index in [0.29, 0.717) is 19.5 Å². The summed E-state index contributed by atoms with van der Waals surface area (Å²) >= 11 is 1.61. The molecular formula is C17H18N2OS. The van der Waals surface area contributed by atoms with E-state index in [1.165, 1.54) is 0 Å². The van der Waals surface area contributed by atoms with Gasteiger partial charge in [-0.3, -0.25) is 4.79 Å². The van der Waals surface area contributed by atoms with E-state index in [1.54, 1.807) is 16.2 Å². The molecule has 0 atom stereocenters. The van der Waals surface area contributed by atoms with Gasteiger partial charge in [-0.2, -0.15) is 0 Å². The summed E-state index contributed by atoms with van der Waals surface area (Å²) in [7, 11) is 1.82. The minimum Gasteiger partial charge on any atom is -0.341 e. The molecule has 0 aliphatic carbocycles. The van der Waals surface area contributed by atoms with Crippen LogP contribution in [0, 0.1) is 11.8 Å². The van der Waals surface area contributed by atoms with Gasteiger partial charge in [-0.05, 0) is 23.1 Å². The number of nitrogens with zero attached hydrogens (tertiary/aromatic N) is 1. The molecule has 0 aliphatic rings. The van der Waals surface area contributed by atoms with Crippen LogP contribution in [-0.4, -0.2) is 24.4 Å². The van der Waals surface area contributed by atoms with Gasteiger partial charge in [0.2, 0.25) is 5.91 Å². The summed E-state index contributed by atoms with van der Waals surface area (Å²) in [5.74, 6) is 6.02. The third-order valence-electron chi connectivity index (χ3n) is 3.08. The molecule has 108 valence electrons. The first kappa shape index (κ1) is 15.3. The van der Waals surface area contributed by atoms with Crippen LogP contribution in [0.4, 0.5) is 0 Å². The Morgan fingerprint density at radius 3 is 2.81 bits per heavy atom. The lowest BCUT2D eigenvalue weighted by molar-refractivity contribution is -0.129. The molecule has 1 aromatic carbocycles. The van der Waals surface area contributed by atoms with Gasteiger partial charge >= 0.3 is 0 Å². The van der Waals surface area contributed by atoms with Gasteiger partial charge in [-0.15, -0.1) is 11.3 Å². The van der Waals surface area contributed by atoms with E-state index in [-0.39, 0.29) is 5.91 Å². The maximum absolute atomic E-state index is 12.2. The monoisotopic (exact) mass is 298 g/mol. The molecule has 0 spiro atoms. The molecule has 0 radical (unpaired) electrons. The van der Waals surface area contributed by atoms with Crippen molar-refractivity contribution in [3.63, 3.8) is 0 Å². The fraction of sp³-hybridized carbons (Fsp3) is 0.235. The highest BCUT2D eigenvalue weighted by atomic mass is 32.1. The summed E-state index contributed by atoms with van der Waals surface area (Å²) < 4.78 is 0. The molecule has 1 aromatic heterocycles. The molecule has 0 saturated carbocycles. The van der Waals surface area contributed by atoms with Gasteiger partial charge in [-0.25, -0.2) is 0 Å². The van der Waals surface area contributed by atoms with E-state index in [1.807, 2.05) is 48.8 Å². The van der Waals surface area contributed by atoms with E-state index < -0.39 is 0 Å². The van der Waals surface area contributed by atoms with Crippen LogP contribution in [0.2, 0.25) is 0 Å². The number of hydrogen-bond acceptors (Lipinski definition) is 3. The normalized spacial score (nSPS) is 9.81. The largest absolute Gasteiger partial charge is 0.341 e. The molecule has 0 bridgehead atoms. The minimum atomic E-state index is 0.110. The maximum Gasteiger partial charge on any atom is 0.227 e. The van der Waals surface area contributed by atoms with Crippen LogP contribution in [0.3, 0.4) is 0 Å². The van der Waals surface area contributed by atoms with Crippen molar-refractivity contribution in [2.75, 3.05) is 13.6 Å². The third kappa shape index (κ3) is 4.45. The smallest absolute Gasteiger partial charge is 0.227 e. The number of amides is 1. The maximum atomic E-state index is 12.2. The number of carbonyl (C=O) groups excluding carboxylic acids is 1. The summed E-state index contributed by atoms with van der Waals surface area (Å²) in [6.45, 7) is 0.890. The molecule has 4 heteroatoms. The Bertz CT molecular complexity index is 653. The molecular weight excluding hydrogens is 280 g/mol. The van der Waals surface area contributed by atoms with Crippen molar-refractivity contribution < 1.29 is 4.79 Å². The molecule has 0 saturated heterocycles. The van der Waals surface area contributed by atoms with Crippen LogP contribution < -0.4 is 5.73 Å². The molecule has 0 fully saturated rings. The molecule has 1 heterocycles. The summed E-state index contributed by atoms with van der Waals surface area (Å²) in [4.78, 5) is 15.0. The first-order chi connectivity index (χ1) is 10.2. The second kappa shape index (κ2) is 7.63. The summed E-state index contributed by atoms with van der Waals surface area (Å²) in [6.07, 6.45) is 0.449. The fourth-order valence-electron chi connectivity index (χ4n) is 1.97. The predicted molar refractivity (Wildman–Crippen MR) is 86.9 cm³/mol. The predicted octanol–water partition coefficient (Wildman–Crippen LogP) is 2.26. The van der Waals surface area contributed by atoms with Crippen molar-refractivity contribution in [1.29, 1.82) is 0 Å². The molecule has 3 nitrogen and oxygen atoms in total. The van der Waals surface area contributed by atoms with Crippen LogP contribution in [0.1, 0.15) is 16.0 Å². The highest BCUT2D eigenvalue weighted by Crippen LogP contribution is 2.13. The Labute approximate surface area is 129 Å². The number of nitrogens with two attached hydrogens (primary N) is 1. The zero-order valence-corrected chi connectivity index (χ0v) is 12.8. The quantitative estimate of drug-likeness (QED) is 0.880. The number of benzene rings is 1. The minimum absolute atomic E-state index is 0.110. The highest BCUT2D eigenvalue weighted by Gasteiger charge is 2.12. The van der Waals surface area contributed by atoms with Gasteiger partial charge in [0, 0.05) is 24.0 Å². The Balaban J connectivity index is 2.05. The molecule has 0 aliphatic heterocycles. The second-order valence-electron chi connectivity index (χ2n) is 4.67. The Hall–Kier alpha value is -2.09. The topological polar surface area (TPSA) is 46.3 Å². The van der Waals surface area contributed by atoms with Crippen LogP contribution in [-0.2, 0) is 17.8 Å². The summed E-state index contributed by atoms with van der Waals surface area (Å²) in [5.41, 5.74) is 7.39. The summed E-state index contributed by atoms with van der Waals surface area (Å²) in [5, 5.41) is 1.99. The van der Waals surface area contributed by atoms with Crippen molar-refractivity contribution in [3.05, 3.63) is 57.8 Å². The number of rotatable bonds is 4. The van der Waals surface area contributed by atoms with Gasteiger partial charge in [0.15, 0.2) is 0 Å². The Morgan fingerprint density at radius 2 is 2.10 bits per heavy atom. The SMILES string of the molecule is CN(Cc1ccccc1C#CCN)C(=O)Cc1cccs1. The van der Waals surface area contributed by atoms with Gasteiger partial charge in [0.1, 0.15) is 0 Å². The standard InChI is InChI=1S/C17H18N2OS/c1-19(17(20)12-16-9-5-11-21-16)13-15-7-3-2-6-14(15)8-4-10-18/h2-3,5-7,9,11H,10,12-13,18H2,1H3. The van der Waals surface area contributed by atoms with E-state index in [4.69, 9.17) is 5.73 Å². The van der Waals surface area contributed by atoms with E-state index >= 15 is 0 Å². The van der Waals surface area contributed by atoms with E-state index in [9.17, 15) is 4.79 Å². The van der Waals surface area contributed by atoms with Gasteiger partial charge in [-0.1, -0.05) is 36.1 Å². The van der Waals surface area contributed by atoms with Crippen molar-refractivity contribution in [1.82, 2.24) is 4.90 Å². The van der Waals surface area contributed by atoms with Gasteiger partial charge in [0.05, 0.1) is 13.0 Å². The first-order valence-electron chi connectivity index (χ1n) is 6.74. The Morgan fingerprint density at radius 1 is 1.29 bits per heavy atom. The molecule has 2 rings (SSSR count). The van der Waals surface area contributed by atoms with Crippen LogP contribution in [0.5, 0.6) is 0 Å². The van der Waals surface area contributed by atoms with Crippen LogP contribution >= 0.6 is 11.3 Å². The van der Waals surface area contributed by atoms with E-state index in [0.717, 1.165) is 16.0 Å². The number of likely N-dealkylation sites (N-methyl/N-ethyl adjacent to an activating group) is 1. The highest BCUT2D eigenvalue weighted by molar-refractivity contribution is 7.10. The second-order valence-corrected chi connectivity index (χ2v) is 5.70. The number of hydrogen-bond donors (Lipinski definition) is 1. The lowest BCUT2D eigenvalue weighted by atomic mass is 10.1. The van der Waals surface area contributed by atoms with Crippen LogP contribution in [0.25, 0.3) is 0 Å². The number of carbonyl (C=O) groups is 1. The zero-order chi connectivity index (χ0) is 15.1. The lowest BCUT2D eigenvalue weighted by Gasteiger charge is -2.18. The summed E-state index contributed by atoms with van der Waals surface area (Å²) in [6, 6.07) is 11.8. The fourth-order valence-corrected chi connectivity index (χ4v) is 2.66. The third-order valence-corrected chi connectivity index (χ3v) is 3.96. The van der Waals surface area contributed by atoms with Gasteiger partial charge < -0.3 is 10.6 Å². The molecule has 2 aromatic rings. The van der Waals surface area contributed by atoms with E-state index in [2.05, 4.69) is 11.8 Å². The first-order valence-corrected chi connectivity index (χ1v) is 7.62. The van der Waals surface area contributed by atoms with Gasteiger partial charge in [0.25, 0.3) is 0 Å². The molecule has 1 amide bonds. The molecule has 0 unspecified atom stereocenters. The van der Waals surface area contributed by atoms with Crippen molar-refractivity contribution in [2.45, 2.75) is 13.0 Å². The van der Waals surface area contributed by atoms with Crippen molar-refractivity contribution >= 4 is 17.2 Å². The average Bonchev–Trinajstić information content (AvgIpc) is 2.99. The van der Waals surface area contributed by atoms with Crippen molar-refractivity contribution in [3.8, 4) is 11.8 Å². The number of thiophene rings is 1. The van der Waals surface area contributed by atoms with Crippen LogP contribution in [0.15, 0.2) is 41.8 Å². The molecule has 2 N–H and O–H groups in total. The van der Waals surface area contributed by atoms with Crippen molar-refractivity contribution in [2.24, 2.45) is 5.73 Å². The average molecular weight is 298 g/mol. The lowest BCUT2D eigenvalue weighted by Crippen LogP contribution is -2.27. The Kier molecular flexibility index (Phi) is 5.56. The molecule has 21 heavy (non-hydrogen) atoms.